The molecule has 0 radical (unpaired) electrons. The molecule has 0 aliphatic carbocycles. The highest BCUT2D eigenvalue weighted by Gasteiger charge is 2.17. The first kappa shape index (κ1) is 16.0. The number of rotatable bonds is 4. The summed E-state index contributed by atoms with van der Waals surface area (Å²) in [5, 5.41) is 7.93. The van der Waals surface area contributed by atoms with Crippen molar-refractivity contribution < 1.29 is 13.6 Å². The van der Waals surface area contributed by atoms with E-state index < -0.39 is 5.82 Å². The predicted octanol–water partition coefficient (Wildman–Crippen LogP) is 3.78. The molecule has 0 saturated carbocycles. The SMILES string of the molecule is Cc1nn(CC(=O)Nc2cccc(F)c2)c2nccc(-c3ccco3)c12. The molecule has 0 aliphatic rings. The quantitative estimate of drug-likeness (QED) is 0.608. The van der Waals surface area contributed by atoms with Crippen LogP contribution in [0.4, 0.5) is 10.1 Å². The van der Waals surface area contributed by atoms with E-state index in [9.17, 15) is 9.18 Å². The van der Waals surface area contributed by atoms with Gasteiger partial charge in [-0.05, 0) is 43.3 Å². The number of carbonyl (C=O) groups is 1. The van der Waals surface area contributed by atoms with Crippen molar-refractivity contribution in [3.8, 4) is 11.3 Å². The third-order valence-corrected chi connectivity index (χ3v) is 4.00. The molecule has 0 unspecified atom stereocenters. The van der Waals surface area contributed by atoms with Crippen molar-refractivity contribution in [3.05, 3.63) is 66.4 Å². The highest BCUT2D eigenvalue weighted by Crippen LogP contribution is 2.30. The minimum absolute atomic E-state index is 0.0323. The molecule has 130 valence electrons. The Hall–Kier alpha value is -3.48. The van der Waals surface area contributed by atoms with Crippen molar-refractivity contribution in [2.75, 3.05) is 5.32 Å². The number of nitrogens with zero attached hydrogens (tertiary/aromatic N) is 3. The number of anilines is 1. The van der Waals surface area contributed by atoms with Gasteiger partial charge in [0.2, 0.25) is 5.91 Å². The summed E-state index contributed by atoms with van der Waals surface area (Å²) in [7, 11) is 0. The Morgan fingerprint density at radius 1 is 1.27 bits per heavy atom. The van der Waals surface area contributed by atoms with E-state index in [2.05, 4.69) is 15.4 Å². The molecule has 3 aromatic heterocycles. The number of fused-ring (bicyclic) bond motifs is 1. The van der Waals surface area contributed by atoms with Gasteiger partial charge in [-0.1, -0.05) is 6.07 Å². The van der Waals surface area contributed by atoms with Crippen molar-refractivity contribution in [2.24, 2.45) is 0 Å². The summed E-state index contributed by atoms with van der Waals surface area (Å²) in [5.74, 6) is -0.0117. The number of nitrogens with one attached hydrogen (secondary N) is 1. The molecule has 0 aliphatic heterocycles. The molecular formula is C19H15FN4O2. The number of aromatic nitrogens is 3. The van der Waals surface area contributed by atoms with Gasteiger partial charge < -0.3 is 9.73 Å². The van der Waals surface area contributed by atoms with Gasteiger partial charge in [-0.3, -0.25) is 4.79 Å². The van der Waals surface area contributed by atoms with E-state index in [0.717, 1.165) is 16.6 Å². The Kier molecular flexibility index (Phi) is 3.96. The molecule has 6 nitrogen and oxygen atoms in total. The highest BCUT2D eigenvalue weighted by molar-refractivity contribution is 5.95. The van der Waals surface area contributed by atoms with Crippen molar-refractivity contribution in [1.29, 1.82) is 0 Å². The lowest BCUT2D eigenvalue weighted by Gasteiger charge is -2.06. The predicted molar refractivity (Wildman–Crippen MR) is 95.0 cm³/mol. The number of amides is 1. The van der Waals surface area contributed by atoms with E-state index in [1.165, 1.54) is 22.9 Å². The van der Waals surface area contributed by atoms with Crippen molar-refractivity contribution >= 4 is 22.6 Å². The Bertz CT molecular complexity index is 1090. The van der Waals surface area contributed by atoms with Crippen LogP contribution in [0.5, 0.6) is 0 Å². The number of pyridine rings is 1. The summed E-state index contributed by atoms with van der Waals surface area (Å²) in [6.45, 7) is 1.83. The smallest absolute Gasteiger partial charge is 0.246 e. The van der Waals surface area contributed by atoms with Gasteiger partial charge in [0.15, 0.2) is 5.65 Å². The van der Waals surface area contributed by atoms with Gasteiger partial charge in [0.25, 0.3) is 0 Å². The second-order valence-corrected chi connectivity index (χ2v) is 5.84. The number of hydrogen-bond donors (Lipinski definition) is 1. The van der Waals surface area contributed by atoms with E-state index >= 15 is 0 Å². The zero-order valence-corrected chi connectivity index (χ0v) is 13.9. The van der Waals surface area contributed by atoms with Crippen LogP contribution in [0.15, 0.2) is 59.3 Å². The minimum Gasteiger partial charge on any atom is -0.464 e. The van der Waals surface area contributed by atoms with Crippen molar-refractivity contribution in [2.45, 2.75) is 13.5 Å². The van der Waals surface area contributed by atoms with Crippen LogP contribution in [0.2, 0.25) is 0 Å². The number of benzene rings is 1. The lowest BCUT2D eigenvalue weighted by atomic mass is 10.1. The lowest BCUT2D eigenvalue weighted by molar-refractivity contribution is -0.116. The average Bonchev–Trinajstić information content (AvgIpc) is 3.24. The maximum Gasteiger partial charge on any atom is 0.246 e. The molecule has 26 heavy (non-hydrogen) atoms. The van der Waals surface area contributed by atoms with Crippen LogP contribution in [0.3, 0.4) is 0 Å². The van der Waals surface area contributed by atoms with E-state index in [1.807, 2.05) is 25.1 Å². The van der Waals surface area contributed by atoms with Gasteiger partial charge in [0.05, 0.1) is 17.3 Å². The number of halogens is 1. The Labute approximate surface area is 148 Å². The molecule has 1 aromatic carbocycles. The second kappa shape index (κ2) is 6.44. The van der Waals surface area contributed by atoms with E-state index in [1.54, 1.807) is 18.5 Å². The van der Waals surface area contributed by atoms with Gasteiger partial charge in [-0.2, -0.15) is 5.10 Å². The molecular weight excluding hydrogens is 335 g/mol. The molecule has 0 bridgehead atoms. The molecule has 0 spiro atoms. The fraction of sp³-hybridized carbons (Fsp3) is 0.105. The van der Waals surface area contributed by atoms with Crippen LogP contribution in [0, 0.1) is 12.7 Å². The number of carbonyl (C=O) groups excluding carboxylic acids is 1. The molecule has 0 atom stereocenters. The lowest BCUT2D eigenvalue weighted by Crippen LogP contribution is -2.19. The average molecular weight is 350 g/mol. The van der Waals surface area contributed by atoms with Gasteiger partial charge in [0, 0.05) is 17.4 Å². The standard InChI is InChI=1S/C19H15FN4O2/c1-12-18-15(16-6-3-9-26-16)7-8-21-19(18)24(23-12)11-17(25)22-14-5-2-4-13(20)10-14/h2-10H,11H2,1H3,(H,22,25). The van der Waals surface area contributed by atoms with Crippen molar-refractivity contribution in [3.63, 3.8) is 0 Å². The monoisotopic (exact) mass is 350 g/mol. The first-order chi connectivity index (χ1) is 12.6. The molecule has 0 fully saturated rings. The van der Waals surface area contributed by atoms with Gasteiger partial charge in [0.1, 0.15) is 18.1 Å². The highest BCUT2D eigenvalue weighted by atomic mass is 19.1. The molecule has 1 amide bonds. The van der Waals surface area contributed by atoms with Crippen LogP contribution in [-0.2, 0) is 11.3 Å². The third kappa shape index (κ3) is 2.95. The molecule has 4 aromatic rings. The topological polar surface area (TPSA) is 73.0 Å². The zero-order chi connectivity index (χ0) is 18.1. The summed E-state index contributed by atoms with van der Waals surface area (Å²) in [4.78, 5) is 16.7. The maximum atomic E-state index is 13.2. The second-order valence-electron chi connectivity index (χ2n) is 5.84. The van der Waals surface area contributed by atoms with E-state index in [0.29, 0.717) is 17.1 Å². The summed E-state index contributed by atoms with van der Waals surface area (Å²) in [5.41, 5.74) is 2.60. The third-order valence-electron chi connectivity index (χ3n) is 4.00. The fourth-order valence-electron chi connectivity index (χ4n) is 2.93. The van der Waals surface area contributed by atoms with Gasteiger partial charge >= 0.3 is 0 Å². The molecule has 0 saturated heterocycles. The zero-order valence-electron chi connectivity index (χ0n) is 13.9. The van der Waals surface area contributed by atoms with Crippen LogP contribution in [-0.4, -0.2) is 20.7 Å². The number of furan rings is 1. The Balaban J connectivity index is 1.65. The van der Waals surface area contributed by atoms with Crippen LogP contribution in [0.1, 0.15) is 5.69 Å². The Morgan fingerprint density at radius 3 is 2.92 bits per heavy atom. The largest absolute Gasteiger partial charge is 0.464 e. The first-order valence-corrected chi connectivity index (χ1v) is 8.03. The molecule has 3 heterocycles. The van der Waals surface area contributed by atoms with Gasteiger partial charge in [-0.15, -0.1) is 0 Å². The summed E-state index contributed by atoms with van der Waals surface area (Å²) in [6.07, 6.45) is 3.26. The number of aryl methyl sites for hydroxylation is 1. The van der Waals surface area contributed by atoms with Crippen LogP contribution in [0.25, 0.3) is 22.4 Å². The van der Waals surface area contributed by atoms with E-state index in [-0.39, 0.29) is 12.5 Å². The summed E-state index contributed by atoms with van der Waals surface area (Å²) >= 11 is 0. The molecule has 4 rings (SSSR count). The first-order valence-electron chi connectivity index (χ1n) is 8.03. The fourth-order valence-corrected chi connectivity index (χ4v) is 2.93. The molecule has 7 heteroatoms. The number of hydrogen-bond acceptors (Lipinski definition) is 4. The summed E-state index contributed by atoms with van der Waals surface area (Å²) in [6, 6.07) is 11.3. The Morgan fingerprint density at radius 2 is 2.15 bits per heavy atom. The summed E-state index contributed by atoms with van der Waals surface area (Å²) < 4.78 is 20.3. The molecule has 1 N–H and O–H groups in total. The minimum atomic E-state index is -0.409. The maximum absolute atomic E-state index is 13.2. The van der Waals surface area contributed by atoms with E-state index in [4.69, 9.17) is 4.42 Å². The normalized spacial score (nSPS) is 11.0. The van der Waals surface area contributed by atoms with Gasteiger partial charge in [-0.25, -0.2) is 14.1 Å². The van der Waals surface area contributed by atoms with Crippen molar-refractivity contribution in [1.82, 2.24) is 14.8 Å². The van der Waals surface area contributed by atoms with Crippen LogP contribution >= 0.6 is 0 Å². The van der Waals surface area contributed by atoms with Crippen LogP contribution < -0.4 is 5.32 Å².